The zero-order chi connectivity index (χ0) is 21.3. The first-order chi connectivity index (χ1) is 13.6. The van der Waals surface area contributed by atoms with Crippen LogP contribution in [0.4, 0.5) is 8.78 Å². The van der Waals surface area contributed by atoms with Crippen molar-refractivity contribution in [1.82, 2.24) is 19.9 Å². The third kappa shape index (κ3) is 4.73. The first kappa shape index (κ1) is 21.6. The molecule has 2 fully saturated rings. The van der Waals surface area contributed by atoms with Crippen molar-refractivity contribution in [3.63, 3.8) is 0 Å². The Labute approximate surface area is 168 Å². The van der Waals surface area contributed by atoms with Crippen molar-refractivity contribution in [2.75, 3.05) is 27.2 Å². The summed E-state index contributed by atoms with van der Waals surface area (Å²) in [4.78, 5) is 32.5. The normalized spacial score (nSPS) is 26.2. The number of alkyl halides is 2. The fraction of sp³-hybridized carbons (Fsp3) is 0.789. The van der Waals surface area contributed by atoms with Gasteiger partial charge in [-0.3, -0.25) is 9.59 Å². The van der Waals surface area contributed by atoms with Gasteiger partial charge >= 0.3 is 0 Å². The van der Waals surface area contributed by atoms with Gasteiger partial charge in [-0.15, -0.1) is 0 Å². The molecule has 2 amide bonds. The van der Waals surface area contributed by atoms with Gasteiger partial charge in [0.2, 0.25) is 17.7 Å². The second kappa shape index (κ2) is 8.33. The highest BCUT2D eigenvalue weighted by atomic mass is 19.3. The van der Waals surface area contributed by atoms with Crippen LogP contribution in [-0.2, 0) is 9.59 Å². The highest BCUT2D eigenvalue weighted by molar-refractivity contribution is 5.90. The number of hydrogen-bond donors (Lipinski definition) is 1. The van der Waals surface area contributed by atoms with Crippen LogP contribution < -0.4 is 5.73 Å². The molecule has 2 atom stereocenters. The summed E-state index contributed by atoms with van der Waals surface area (Å²) in [6.07, 6.45) is 2.46. The number of rotatable bonds is 5. The van der Waals surface area contributed by atoms with Crippen LogP contribution in [0.5, 0.6) is 0 Å². The van der Waals surface area contributed by atoms with E-state index in [4.69, 9.17) is 10.3 Å². The van der Waals surface area contributed by atoms with E-state index in [-0.39, 0.29) is 30.7 Å². The van der Waals surface area contributed by atoms with E-state index in [1.807, 2.05) is 0 Å². The van der Waals surface area contributed by atoms with Crippen LogP contribution in [0.15, 0.2) is 4.52 Å². The second-order valence-electron chi connectivity index (χ2n) is 8.44. The molecule has 0 aromatic carbocycles. The number of likely N-dealkylation sites (tertiary alicyclic amines) is 1. The topological polar surface area (TPSA) is 106 Å². The fourth-order valence-electron chi connectivity index (χ4n) is 4.44. The molecule has 0 bridgehead atoms. The highest BCUT2D eigenvalue weighted by Crippen LogP contribution is 2.40. The van der Waals surface area contributed by atoms with Crippen LogP contribution in [0, 0.1) is 18.8 Å². The Morgan fingerprint density at radius 1 is 1.28 bits per heavy atom. The van der Waals surface area contributed by atoms with Crippen molar-refractivity contribution in [2.24, 2.45) is 17.6 Å². The number of hydrogen-bond acceptors (Lipinski definition) is 6. The Morgan fingerprint density at radius 2 is 1.93 bits per heavy atom. The zero-order valence-corrected chi connectivity index (χ0v) is 17.1. The van der Waals surface area contributed by atoms with Crippen molar-refractivity contribution in [3.8, 4) is 0 Å². The zero-order valence-electron chi connectivity index (χ0n) is 17.1. The van der Waals surface area contributed by atoms with E-state index in [0.29, 0.717) is 24.6 Å². The Bertz CT molecular complexity index is 746. The maximum absolute atomic E-state index is 13.5. The molecule has 10 heteroatoms. The average Bonchev–Trinajstić information content (AvgIpc) is 3.26. The van der Waals surface area contributed by atoms with E-state index < -0.39 is 30.3 Å². The standard InChI is InChI=1S/C19H29F2N5O3/c1-11-23-16(29-24-11)13-6-4-12(5-7-13)14(17(27)25(2)3)15(22)18(28)26-9-8-19(20,21)10-26/h12-15H,4-10,22H2,1-3H3/t12?,13?,14-,15?/m0/s1. The molecule has 8 nitrogen and oxygen atoms in total. The van der Waals surface area contributed by atoms with E-state index in [9.17, 15) is 18.4 Å². The van der Waals surface area contributed by atoms with Gasteiger partial charge in [-0.1, -0.05) is 5.16 Å². The van der Waals surface area contributed by atoms with E-state index >= 15 is 0 Å². The van der Waals surface area contributed by atoms with E-state index in [0.717, 1.165) is 17.7 Å². The van der Waals surface area contributed by atoms with Crippen LogP contribution in [0.2, 0.25) is 0 Å². The summed E-state index contributed by atoms with van der Waals surface area (Å²) in [6, 6.07) is -1.13. The molecule has 0 spiro atoms. The lowest BCUT2D eigenvalue weighted by Crippen LogP contribution is -2.54. The maximum Gasteiger partial charge on any atom is 0.267 e. The Morgan fingerprint density at radius 3 is 2.41 bits per heavy atom. The summed E-state index contributed by atoms with van der Waals surface area (Å²) in [5, 5.41) is 3.83. The molecule has 1 aliphatic carbocycles. The Hall–Kier alpha value is -2.10. The molecule has 1 aliphatic heterocycles. The van der Waals surface area contributed by atoms with Crippen LogP contribution in [0.3, 0.4) is 0 Å². The van der Waals surface area contributed by atoms with Gasteiger partial charge in [0.05, 0.1) is 18.5 Å². The molecule has 29 heavy (non-hydrogen) atoms. The van der Waals surface area contributed by atoms with Gasteiger partial charge in [0.15, 0.2) is 5.82 Å². The molecular weight excluding hydrogens is 384 g/mol. The number of carbonyl (C=O) groups excluding carboxylic acids is 2. The number of amides is 2. The van der Waals surface area contributed by atoms with E-state index in [2.05, 4.69) is 10.1 Å². The van der Waals surface area contributed by atoms with Gasteiger partial charge in [0.1, 0.15) is 0 Å². The lowest BCUT2D eigenvalue weighted by atomic mass is 9.72. The van der Waals surface area contributed by atoms with Crippen molar-refractivity contribution < 1.29 is 22.9 Å². The first-order valence-electron chi connectivity index (χ1n) is 10.0. The number of nitrogens with zero attached hydrogens (tertiary/aromatic N) is 4. The summed E-state index contributed by atoms with van der Waals surface area (Å²) in [5.74, 6) is -3.26. The number of aryl methyl sites for hydroxylation is 1. The lowest BCUT2D eigenvalue weighted by molar-refractivity contribution is -0.144. The summed E-state index contributed by atoms with van der Waals surface area (Å²) >= 11 is 0. The van der Waals surface area contributed by atoms with Crippen molar-refractivity contribution in [1.29, 1.82) is 0 Å². The van der Waals surface area contributed by atoms with E-state index in [1.165, 1.54) is 4.90 Å². The minimum atomic E-state index is -2.89. The molecule has 1 saturated carbocycles. The molecule has 1 aromatic rings. The quantitative estimate of drug-likeness (QED) is 0.785. The van der Waals surface area contributed by atoms with Gasteiger partial charge in [0, 0.05) is 33.0 Å². The predicted octanol–water partition coefficient (Wildman–Crippen LogP) is 1.55. The number of nitrogens with two attached hydrogens (primary N) is 1. The molecular formula is C19H29F2N5O3. The molecule has 2 N–H and O–H groups in total. The third-order valence-electron chi connectivity index (χ3n) is 6.05. The summed E-state index contributed by atoms with van der Waals surface area (Å²) < 4.78 is 32.3. The minimum absolute atomic E-state index is 0.0360. The average molecular weight is 413 g/mol. The number of aromatic nitrogens is 2. The number of halogens is 2. The van der Waals surface area contributed by atoms with Crippen molar-refractivity contribution in [3.05, 3.63) is 11.7 Å². The summed E-state index contributed by atoms with van der Waals surface area (Å²) in [5.41, 5.74) is 6.22. The summed E-state index contributed by atoms with van der Waals surface area (Å²) in [7, 11) is 3.23. The van der Waals surface area contributed by atoms with Gasteiger partial charge in [0.25, 0.3) is 5.92 Å². The van der Waals surface area contributed by atoms with E-state index in [1.54, 1.807) is 21.0 Å². The Kier molecular flexibility index (Phi) is 6.21. The minimum Gasteiger partial charge on any atom is -0.349 e. The lowest BCUT2D eigenvalue weighted by Gasteiger charge is -2.36. The maximum atomic E-state index is 13.5. The van der Waals surface area contributed by atoms with Gasteiger partial charge < -0.3 is 20.1 Å². The SMILES string of the molecule is Cc1noc(C2CCC([C@H](C(=O)N(C)C)C(N)C(=O)N3CCC(F)(F)C3)CC2)n1. The first-order valence-corrected chi connectivity index (χ1v) is 10.0. The smallest absolute Gasteiger partial charge is 0.267 e. The molecule has 2 heterocycles. The second-order valence-corrected chi connectivity index (χ2v) is 8.44. The van der Waals surface area contributed by atoms with Gasteiger partial charge in [-0.05, 0) is 38.5 Å². The number of carbonyl (C=O) groups is 2. The predicted molar refractivity (Wildman–Crippen MR) is 100 cm³/mol. The van der Waals surface area contributed by atoms with Crippen LogP contribution in [-0.4, -0.2) is 70.9 Å². The molecule has 2 aliphatic rings. The molecule has 1 aromatic heterocycles. The molecule has 0 radical (unpaired) electrons. The molecule has 3 rings (SSSR count). The fourth-order valence-corrected chi connectivity index (χ4v) is 4.44. The molecule has 1 unspecified atom stereocenters. The monoisotopic (exact) mass is 413 g/mol. The third-order valence-corrected chi connectivity index (χ3v) is 6.05. The van der Waals surface area contributed by atoms with Crippen LogP contribution in [0.25, 0.3) is 0 Å². The van der Waals surface area contributed by atoms with Crippen LogP contribution in [0.1, 0.15) is 49.7 Å². The highest BCUT2D eigenvalue weighted by Gasteiger charge is 2.46. The molecule has 162 valence electrons. The van der Waals surface area contributed by atoms with Crippen molar-refractivity contribution >= 4 is 11.8 Å². The largest absolute Gasteiger partial charge is 0.349 e. The van der Waals surface area contributed by atoms with Gasteiger partial charge in [-0.2, -0.15) is 4.98 Å². The van der Waals surface area contributed by atoms with Gasteiger partial charge in [-0.25, -0.2) is 8.78 Å². The Balaban J connectivity index is 1.70. The van der Waals surface area contributed by atoms with Crippen LogP contribution >= 0.6 is 0 Å². The van der Waals surface area contributed by atoms with Crippen molar-refractivity contribution in [2.45, 2.75) is 56.9 Å². The molecule has 1 saturated heterocycles. The summed E-state index contributed by atoms with van der Waals surface area (Å²) in [6.45, 7) is 1.09.